The van der Waals surface area contributed by atoms with Crippen LogP contribution in [0.15, 0.2) is 43.5 Å². The Morgan fingerprint density at radius 3 is 2.33 bits per heavy atom. The normalized spacial score (nSPS) is 8.67. The Bertz CT molecular complexity index is 284. The van der Waals surface area contributed by atoms with Gasteiger partial charge in [-0.1, -0.05) is 56.3 Å². The highest BCUT2D eigenvalue weighted by Gasteiger charge is 1.95. The smallest absolute Gasteiger partial charge is 0.0230 e. The lowest BCUT2D eigenvalue weighted by Gasteiger charge is -2.03. The van der Waals surface area contributed by atoms with Crippen LogP contribution in [0.3, 0.4) is 0 Å². The first-order valence-electron chi connectivity index (χ1n) is 5.57. The zero-order valence-corrected chi connectivity index (χ0v) is 10.00. The summed E-state index contributed by atoms with van der Waals surface area (Å²) >= 11 is 0. The first-order chi connectivity index (χ1) is 7.29. The quantitative estimate of drug-likeness (QED) is 0.611. The topological polar surface area (TPSA) is 0 Å². The Kier molecular flexibility index (Phi) is 8.46. The molecule has 15 heavy (non-hydrogen) atoms. The summed E-state index contributed by atoms with van der Waals surface area (Å²) in [6.45, 7) is 11.3. The summed E-state index contributed by atoms with van der Waals surface area (Å²) in [4.78, 5) is 0. The van der Waals surface area contributed by atoms with E-state index in [1.165, 1.54) is 30.4 Å². The maximum absolute atomic E-state index is 3.80. The van der Waals surface area contributed by atoms with Gasteiger partial charge >= 0.3 is 0 Å². The molecule has 0 saturated heterocycles. The summed E-state index contributed by atoms with van der Waals surface area (Å²) in [5.41, 5.74) is 2.71. The van der Waals surface area contributed by atoms with Gasteiger partial charge in [0.2, 0.25) is 0 Å². The fourth-order valence-electron chi connectivity index (χ4n) is 1.33. The van der Waals surface area contributed by atoms with Crippen LogP contribution in [0.4, 0.5) is 0 Å². The summed E-state index contributed by atoms with van der Waals surface area (Å²) in [5, 5.41) is 0. The average molecular weight is 202 g/mol. The highest BCUT2D eigenvalue weighted by Crippen LogP contribution is 2.12. The molecule has 0 spiro atoms. The van der Waals surface area contributed by atoms with E-state index in [2.05, 4.69) is 44.3 Å². The van der Waals surface area contributed by atoms with Crippen LogP contribution < -0.4 is 0 Å². The lowest BCUT2D eigenvalue weighted by Crippen LogP contribution is -1.87. The molecule has 0 aliphatic rings. The van der Waals surface area contributed by atoms with E-state index in [9.17, 15) is 0 Å². The molecule has 0 unspecified atom stereocenters. The third-order valence-electron chi connectivity index (χ3n) is 2.07. The molecule has 0 saturated carbocycles. The Morgan fingerprint density at radius 2 is 1.80 bits per heavy atom. The SMILES string of the molecule is C=CC.C=Cc1ccccc1CCCC. The van der Waals surface area contributed by atoms with Gasteiger partial charge < -0.3 is 0 Å². The highest BCUT2D eigenvalue weighted by molar-refractivity contribution is 5.51. The van der Waals surface area contributed by atoms with Crippen LogP contribution in [-0.2, 0) is 6.42 Å². The fourth-order valence-corrected chi connectivity index (χ4v) is 1.33. The van der Waals surface area contributed by atoms with Gasteiger partial charge in [-0.2, -0.15) is 0 Å². The molecule has 82 valence electrons. The molecule has 0 N–H and O–H groups in total. The third-order valence-corrected chi connectivity index (χ3v) is 2.07. The second kappa shape index (κ2) is 9.26. The van der Waals surface area contributed by atoms with Crippen molar-refractivity contribution in [3.8, 4) is 0 Å². The van der Waals surface area contributed by atoms with Crippen molar-refractivity contribution in [1.82, 2.24) is 0 Å². The molecule has 0 heterocycles. The van der Waals surface area contributed by atoms with E-state index in [-0.39, 0.29) is 0 Å². The molecule has 0 aliphatic heterocycles. The first kappa shape index (κ1) is 13.7. The zero-order chi connectivity index (χ0) is 11.5. The molecule has 0 amide bonds. The van der Waals surface area contributed by atoms with Gasteiger partial charge in [-0.25, -0.2) is 0 Å². The molecule has 1 aromatic rings. The second-order valence-corrected chi connectivity index (χ2v) is 3.41. The maximum Gasteiger partial charge on any atom is -0.0230 e. The lowest BCUT2D eigenvalue weighted by atomic mass is 10.0. The zero-order valence-electron chi connectivity index (χ0n) is 10.00. The molecule has 1 aromatic carbocycles. The summed E-state index contributed by atoms with van der Waals surface area (Å²) in [6, 6.07) is 8.47. The van der Waals surface area contributed by atoms with E-state index in [1.54, 1.807) is 6.08 Å². The molecule has 0 fully saturated rings. The number of unbranched alkanes of at least 4 members (excludes halogenated alkanes) is 1. The summed E-state index contributed by atoms with van der Waals surface area (Å²) < 4.78 is 0. The van der Waals surface area contributed by atoms with Gasteiger partial charge in [0.25, 0.3) is 0 Å². The van der Waals surface area contributed by atoms with Crippen molar-refractivity contribution >= 4 is 6.08 Å². The molecule has 0 heteroatoms. The predicted molar refractivity (Wildman–Crippen MR) is 71.0 cm³/mol. The van der Waals surface area contributed by atoms with Crippen LogP contribution in [0.5, 0.6) is 0 Å². The molecular weight excluding hydrogens is 180 g/mol. The van der Waals surface area contributed by atoms with Crippen LogP contribution in [0.25, 0.3) is 6.08 Å². The van der Waals surface area contributed by atoms with Gasteiger partial charge in [-0.05, 0) is 30.9 Å². The van der Waals surface area contributed by atoms with Gasteiger partial charge in [0, 0.05) is 0 Å². The van der Waals surface area contributed by atoms with E-state index in [0.29, 0.717) is 0 Å². The van der Waals surface area contributed by atoms with Crippen molar-refractivity contribution in [1.29, 1.82) is 0 Å². The van der Waals surface area contributed by atoms with E-state index in [0.717, 1.165) is 0 Å². The van der Waals surface area contributed by atoms with Crippen LogP contribution in [0, 0.1) is 0 Å². The van der Waals surface area contributed by atoms with Gasteiger partial charge in [0.1, 0.15) is 0 Å². The van der Waals surface area contributed by atoms with Gasteiger partial charge in [-0.15, -0.1) is 6.58 Å². The van der Waals surface area contributed by atoms with Crippen molar-refractivity contribution in [2.24, 2.45) is 0 Å². The monoisotopic (exact) mass is 202 g/mol. The Morgan fingerprint density at radius 1 is 1.20 bits per heavy atom. The van der Waals surface area contributed by atoms with Gasteiger partial charge in [0.05, 0.1) is 0 Å². The molecule has 1 rings (SSSR count). The second-order valence-electron chi connectivity index (χ2n) is 3.41. The van der Waals surface area contributed by atoms with Gasteiger partial charge in [0.15, 0.2) is 0 Å². The number of allylic oxidation sites excluding steroid dienone is 1. The molecule has 0 aromatic heterocycles. The molecular formula is C15H22. The number of rotatable bonds is 4. The van der Waals surface area contributed by atoms with Crippen molar-refractivity contribution < 1.29 is 0 Å². The largest absolute Gasteiger partial charge is 0.103 e. The molecule has 0 aliphatic carbocycles. The Hall–Kier alpha value is -1.30. The van der Waals surface area contributed by atoms with Crippen molar-refractivity contribution in [2.45, 2.75) is 33.1 Å². The number of benzene rings is 1. The van der Waals surface area contributed by atoms with Crippen LogP contribution in [0.2, 0.25) is 0 Å². The number of aryl methyl sites for hydroxylation is 1. The lowest BCUT2D eigenvalue weighted by molar-refractivity contribution is 0.794. The van der Waals surface area contributed by atoms with Crippen molar-refractivity contribution in [3.05, 3.63) is 54.6 Å². The summed E-state index contributed by atoms with van der Waals surface area (Å²) in [7, 11) is 0. The van der Waals surface area contributed by atoms with E-state index >= 15 is 0 Å². The summed E-state index contributed by atoms with van der Waals surface area (Å²) in [5.74, 6) is 0. The van der Waals surface area contributed by atoms with Crippen LogP contribution in [0.1, 0.15) is 37.8 Å². The Balaban J connectivity index is 0.000000583. The molecule has 0 nitrogen and oxygen atoms in total. The predicted octanol–water partition coefficient (Wildman–Crippen LogP) is 4.86. The fraction of sp³-hybridized carbons (Fsp3) is 0.333. The third kappa shape index (κ3) is 5.90. The maximum atomic E-state index is 3.80. The van der Waals surface area contributed by atoms with Gasteiger partial charge in [-0.3, -0.25) is 0 Å². The van der Waals surface area contributed by atoms with Crippen LogP contribution >= 0.6 is 0 Å². The minimum atomic E-state index is 1.18. The molecule has 0 radical (unpaired) electrons. The van der Waals surface area contributed by atoms with E-state index in [1.807, 2.05) is 13.0 Å². The van der Waals surface area contributed by atoms with Crippen molar-refractivity contribution in [3.63, 3.8) is 0 Å². The standard InChI is InChI=1S/C12H16.C3H6/c1-3-5-8-12-10-7-6-9-11(12)4-2;1-3-2/h4,6-7,9-10H,2-3,5,8H2,1H3;3H,1H2,2H3. The minimum absolute atomic E-state index is 1.18. The van der Waals surface area contributed by atoms with E-state index in [4.69, 9.17) is 0 Å². The molecule has 0 atom stereocenters. The minimum Gasteiger partial charge on any atom is -0.103 e. The number of hydrogen-bond donors (Lipinski definition) is 0. The molecule has 0 bridgehead atoms. The number of hydrogen-bond acceptors (Lipinski definition) is 0. The highest BCUT2D eigenvalue weighted by atomic mass is 14.0. The van der Waals surface area contributed by atoms with E-state index < -0.39 is 0 Å². The first-order valence-corrected chi connectivity index (χ1v) is 5.57. The van der Waals surface area contributed by atoms with Crippen LogP contribution in [-0.4, -0.2) is 0 Å². The average Bonchev–Trinajstić information content (AvgIpc) is 2.28. The van der Waals surface area contributed by atoms with Crippen molar-refractivity contribution in [2.75, 3.05) is 0 Å². The summed E-state index contributed by atoms with van der Waals surface area (Å²) in [6.07, 6.45) is 7.39. The Labute approximate surface area is 94.3 Å².